The van der Waals surface area contributed by atoms with Gasteiger partial charge in [-0.05, 0) is 23.7 Å². The zero-order valence-corrected chi connectivity index (χ0v) is 12.7. The van der Waals surface area contributed by atoms with Crippen LogP contribution < -0.4 is 10.0 Å². The first-order valence-corrected chi connectivity index (χ1v) is 8.04. The number of sulfonamides is 1. The van der Waals surface area contributed by atoms with E-state index in [0.29, 0.717) is 0 Å². The highest BCUT2D eigenvalue weighted by Crippen LogP contribution is 2.30. The van der Waals surface area contributed by atoms with Crippen LogP contribution in [0.1, 0.15) is 0 Å². The Hall–Kier alpha value is -2.46. The summed E-state index contributed by atoms with van der Waals surface area (Å²) in [5.74, 6) is -0.146. The maximum absolute atomic E-state index is 11.3. The summed E-state index contributed by atoms with van der Waals surface area (Å²) < 4.78 is 25.0. The molecule has 0 saturated carbocycles. The van der Waals surface area contributed by atoms with Crippen LogP contribution in [0.4, 0.5) is 22.9 Å². The van der Waals surface area contributed by atoms with Crippen LogP contribution in [-0.2, 0) is 10.0 Å². The van der Waals surface area contributed by atoms with Gasteiger partial charge in [0.15, 0.2) is 0 Å². The molecule has 2 aromatic rings. The maximum atomic E-state index is 11.3. The number of para-hydroxylation sites is 2. The summed E-state index contributed by atoms with van der Waals surface area (Å²) in [5.41, 5.74) is 0.110. The van der Waals surface area contributed by atoms with Gasteiger partial charge < -0.3 is 5.32 Å². The Morgan fingerprint density at radius 1 is 1.27 bits per heavy atom. The van der Waals surface area contributed by atoms with Gasteiger partial charge in [-0.25, -0.2) is 13.4 Å². The molecule has 0 aliphatic carbocycles. The van der Waals surface area contributed by atoms with Gasteiger partial charge in [-0.3, -0.25) is 14.8 Å². The third-order valence-electron chi connectivity index (χ3n) is 2.41. The average molecular weight is 344 g/mol. The van der Waals surface area contributed by atoms with Crippen LogP contribution in [-0.4, -0.2) is 29.6 Å². The van der Waals surface area contributed by atoms with Crippen molar-refractivity contribution in [1.82, 2.24) is 9.97 Å². The van der Waals surface area contributed by atoms with E-state index in [-0.39, 0.29) is 22.5 Å². The minimum absolute atomic E-state index is 0.146. The van der Waals surface area contributed by atoms with Crippen LogP contribution in [0.3, 0.4) is 0 Å². The third kappa shape index (κ3) is 4.02. The molecule has 0 fully saturated rings. The molecule has 0 atom stereocenters. The summed E-state index contributed by atoms with van der Waals surface area (Å²) in [6.07, 6.45) is 1.96. The van der Waals surface area contributed by atoms with Gasteiger partial charge in [0, 0.05) is 0 Å². The molecular weight excluding hydrogens is 334 g/mol. The molecule has 0 aliphatic heterocycles. The molecule has 2 rings (SSSR count). The first-order valence-electron chi connectivity index (χ1n) is 5.77. The molecule has 1 aromatic carbocycles. The van der Waals surface area contributed by atoms with Crippen molar-refractivity contribution in [1.29, 1.82) is 0 Å². The normalized spacial score (nSPS) is 11.0. The predicted molar refractivity (Wildman–Crippen MR) is 81.9 cm³/mol. The highest BCUT2D eigenvalue weighted by atomic mass is 35.5. The van der Waals surface area contributed by atoms with Crippen molar-refractivity contribution in [2.24, 2.45) is 0 Å². The fourth-order valence-corrected chi connectivity index (χ4v) is 2.30. The number of nitro groups is 1. The number of anilines is 3. The molecule has 22 heavy (non-hydrogen) atoms. The second kappa shape index (κ2) is 6.12. The molecule has 0 unspecified atom stereocenters. The van der Waals surface area contributed by atoms with E-state index < -0.39 is 20.6 Å². The predicted octanol–water partition coefficient (Wildman–Crippen LogP) is 2.15. The van der Waals surface area contributed by atoms with Crippen LogP contribution in [0.2, 0.25) is 5.28 Å². The molecule has 116 valence electrons. The molecule has 0 amide bonds. The third-order valence-corrected chi connectivity index (χ3v) is 3.19. The molecule has 1 heterocycles. The zero-order chi connectivity index (χ0) is 16.3. The topological polar surface area (TPSA) is 127 Å². The molecule has 0 bridgehead atoms. The molecule has 9 nitrogen and oxygen atoms in total. The Kier molecular flexibility index (Phi) is 4.43. The number of nitrogens with zero attached hydrogens (tertiary/aromatic N) is 3. The van der Waals surface area contributed by atoms with Gasteiger partial charge in [0.25, 0.3) is 0 Å². The van der Waals surface area contributed by atoms with E-state index >= 15 is 0 Å². The van der Waals surface area contributed by atoms with Crippen LogP contribution in [0, 0.1) is 10.1 Å². The first kappa shape index (κ1) is 15.9. The van der Waals surface area contributed by atoms with Gasteiger partial charge in [-0.15, -0.1) is 0 Å². The van der Waals surface area contributed by atoms with Gasteiger partial charge in [-0.1, -0.05) is 12.1 Å². The standard InChI is InChI=1S/C11H10ClN5O4S/c1-22(20,21)16-8-5-3-2-4-7(8)14-10-9(17(18)19)6-13-11(12)15-10/h2-6,16H,1H3,(H,13,14,15). The van der Waals surface area contributed by atoms with E-state index in [0.717, 1.165) is 12.5 Å². The van der Waals surface area contributed by atoms with Gasteiger partial charge in [-0.2, -0.15) is 4.98 Å². The van der Waals surface area contributed by atoms with Crippen molar-refractivity contribution in [3.63, 3.8) is 0 Å². The summed E-state index contributed by atoms with van der Waals surface area (Å²) in [7, 11) is -3.51. The lowest BCUT2D eigenvalue weighted by molar-refractivity contribution is -0.384. The smallest absolute Gasteiger partial charge is 0.329 e. The summed E-state index contributed by atoms with van der Waals surface area (Å²) in [6, 6.07) is 6.27. The summed E-state index contributed by atoms with van der Waals surface area (Å²) >= 11 is 5.64. The monoisotopic (exact) mass is 343 g/mol. The fraction of sp³-hybridized carbons (Fsp3) is 0.0909. The molecule has 0 radical (unpaired) electrons. The maximum Gasteiger partial charge on any atom is 0.329 e. The van der Waals surface area contributed by atoms with Crippen molar-refractivity contribution < 1.29 is 13.3 Å². The number of rotatable bonds is 5. The Balaban J connectivity index is 2.44. The van der Waals surface area contributed by atoms with Crippen molar-refractivity contribution >= 4 is 44.5 Å². The zero-order valence-electron chi connectivity index (χ0n) is 11.1. The number of nitrogens with one attached hydrogen (secondary N) is 2. The second-order valence-corrected chi connectivity index (χ2v) is 6.26. The number of halogens is 1. The van der Waals surface area contributed by atoms with Crippen molar-refractivity contribution in [3.8, 4) is 0 Å². The SMILES string of the molecule is CS(=O)(=O)Nc1ccccc1Nc1nc(Cl)ncc1[N+](=O)[O-]. The summed E-state index contributed by atoms with van der Waals surface area (Å²) in [5, 5.41) is 13.5. The highest BCUT2D eigenvalue weighted by Gasteiger charge is 2.18. The Morgan fingerprint density at radius 2 is 1.91 bits per heavy atom. The van der Waals surface area contributed by atoms with Crippen molar-refractivity contribution in [3.05, 3.63) is 45.9 Å². The van der Waals surface area contributed by atoms with E-state index in [1.54, 1.807) is 12.1 Å². The molecule has 0 aliphatic rings. The largest absolute Gasteiger partial charge is 0.333 e. The molecule has 11 heteroatoms. The number of benzene rings is 1. The van der Waals surface area contributed by atoms with Crippen LogP contribution in [0.15, 0.2) is 30.5 Å². The Morgan fingerprint density at radius 3 is 2.50 bits per heavy atom. The molecular formula is C11H10ClN5O4S. The van der Waals surface area contributed by atoms with Crippen LogP contribution >= 0.6 is 11.6 Å². The Labute approximate surface area is 130 Å². The molecule has 2 N–H and O–H groups in total. The lowest BCUT2D eigenvalue weighted by atomic mass is 10.2. The highest BCUT2D eigenvalue weighted by molar-refractivity contribution is 7.92. The van der Waals surface area contributed by atoms with Gasteiger partial charge >= 0.3 is 5.69 Å². The molecule has 0 saturated heterocycles. The van der Waals surface area contributed by atoms with Crippen molar-refractivity contribution in [2.75, 3.05) is 16.3 Å². The lowest BCUT2D eigenvalue weighted by Gasteiger charge is -2.12. The van der Waals surface area contributed by atoms with Crippen LogP contribution in [0.5, 0.6) is 0 Å². The summed E-state index contributed by atoms with van der Waals surface area (Å²) in [4.78, 5) is 17.6. The molecule has 0 spiro atoms. The van der Waals surface area contributed by atoms with E-state index in [9.17, 15) is 18.5 Å². The number of aromatic nitrogens is 2. The van der Waals surface area contributed by atoms with E-state index in [1.807, 2.05) is 0 Å². The van der Waals surface area contributed by atoms with E-state index in [2.05, 4.69) is 20.0 Å². The lowest BCUT2D eigenvalue weighted by Crippen LogP contribution is -2.11. The first-order chi connectivity index (χ1) is 10.3. The average Bonchev–Trinajstić information content (AvgIpc) is 2.39. The number of hydrogen-bond acceptors (Lipinski definition) is 7. The quantitative estimate of drug-likeness (QED) is 0.483. The van der Waals surface area contributed by atoms with E-state index in [1.165, 1.54) is 12.1 Å². The minimum Gasteiger partial charge on any atom is -0.333 e. The minimum atomic E-state index is -3.51. The Bertz CT molecular complexity index is 827. The summed E-state index contributed by atoms with van der Waals surface area (Å²) in [6.45, 7) is 0. The second-order valence-electron chi connectivity index (χ2n) is 4.17. The van der Waals surface area contributed by atoms with Crippen LogP contribution in [0.25, 0.3) is 0 Å². The van der Waals surface area contributed by atoms with Gasteiger partial charge in [0.1, 0.15) is 6.20 Å². The van der Waals surface area contributed by atoms with E-state index in [4.69, 9.17) is 11.6 Å². The fourth-order valence-electron chi connectivity index (χ4n) is 1.59. The van der Waals surface area contributed by atoms with Gasteiger partial charge in [0.05, 0.1) is 22.6 Å². The van der Waals surface area contributed by atoms with Crippen molar-refractivity contribution in [2.45, 2.75) is 0 Å². The molecule has 1 aromatic heterocycles. The number of hydrogen-bond donors (Lipinski definition) is 2. The van der Waals surface area contributed by atoms with Gasteiger partial charge in [0.2, 0.25) is 21.1 Å².